The SMILES string of the molecule is CNCC1CCN(c2ncnc3sc(C)c(C)c23)CC1. The van der Waals surface area contributed by atoms with Crippen LogP contribution >= 0.6 is 11.3 Å². The lowest BCUT2D eigenvalue weighted by atomic mass is 9.96. The van der Waals surface area contributed by atoms with Crippen molar-refractivity contribution in [3.8, 4) is 0 Å². The Morgan fingerprint density at radius 1 is 1.30 bits per heavy atom. The Balaban J connectivity index is 1.88. The van der Waals surface area contributed by atoms with Crippen molar-refractivity contribution < 1.29 is 0 Å². The van der Waals surface area contributed by atoms with Gasteiger partial charge in [-0.2, -0.15) is 0 Å². The molecule has 1 aliphatic rings. The zero-order chi connectivity index (χ0) is 14.1. The zero-order valence-electron chi connectivity index (χ0n) is 12.4. The number of piperidine rings is 1. The third kappa shape index (κ3) is 2.40. The normalized spacial score (nSPS) is 17.1. The van der Waals surface area contributed by atoms with Crippen molar-refractivity contribution in [3.63, 3.8) is 0 Å². The van der Waals surface area contributed by atoms with Gasteiger partial charge in [0, 0.05) is 18.0 Å². The van der Waals surface area contributed by atoms with Gasteiger partial charge in [0.2, 0.25) is 0 Å². The summed E-state index contributed by atoms with van der Waals surface area (Å²) in [7, 11) is 2.04. The van der Waals surface area contributed by atoms with Crippen LogP contribution in [0.4, 0.5) is 5.82 Å². The Hall–Kier alpha value is -1.20. The van der Waals surface area contributed by atoms with Crippen molar-refractivity contribution in [2.75, 3.05) is 31.6 Å². The summed E-state index contributed by atoms with van der Waals surface area (Å²) in [6.07, 6.45) is 4.20. The second-order valence-corrected chi connectivity index (χ2v) is 6.85. The third-order valence-electron chi connectivity index (χ3n) is 4.35. The third-order valence-corrected chi connectivity index (χ3v) is 5.47. The minimum Gasteiger partial charge on any atom is -0.356 e. The first kappa shape index (κ1) is 13.8. The van der Waals surface area contributed by atoms with E-state index >= 15 is 0 Å². The number of thiophene rings is 1. The second-order valence-electron chi connectivity index (χ2n) is 5.65. The van der Waals surface area contributed by atoms with Crippen molar-refractivity contribution in [2.24, 2.45) is 5.92 Å². The van der Waals surface area contributed by atoms with Gasteiger partial charge in [-0.25, -0.2) is 9.97 Å². The summed E-state index contributed by atoms with van der Waals surface area (Å²) in [5.74, 6) is 1.94. The molecule has 0 amide bonds. The van der Waals surface area contributed by atoms with E-state index in [-0.39, 0.29) is 0 Å². The zero-order valence-corrected chi connectivity index (χ0v) is 13.3. The van der Waals surface area contributed by atoms with E-state index in [9.17, 15) is 0 Å². The Kier molecular flexibility index (Phi) is 3.89. The van der Waals surface area contributed by atoms with Crippen LogP contribution in [-0.4, -0.2) is 36.6 Å². The number of nitrogens with zero attached hydrogens (tertiary/aromatic N) is 3. The van der Waals surface area contributed by atoms with E-state index in [1.807, 2.05) is 7.05 Å². The molecule has 5 heteroatoms. The van der Waals surface area contributed by atoms with Gasteiger partial charge in [-0.15, -0.1) is 11.3 Å². The van der Waals surface area contributed by atoms with Gasteiger partial charge >= 0.3 is 0 Å². The van der Waals surface area contributed by atoms with Gasteiger partial charge in [0.05, 0.1) is 5.39 Å². The number of hydrogen-bond donors (Lipinski definition) is 1. The van der Waals surface area contributed by atoms with Crippen molar-refractivity contribution >= 4 is 27.4 Å². The van der Waals surface area contributed by atoms with Crippen LogP contribution in [0.25, 0.3) is 10.2 Å². The molecule has 4 nitrogen and oxygen atoms in total. The van der Waals surface area contributed by atoms with E-state index in [2.05, 4.69) is 34.0 Å². The molecule has 0 bridgehead atoms. The molecule has 1 N–H and O–H groups in total. The molecule has 3 heterocycles. The minimum absolute atomic E-state index is 0.805. The fourth-order valence-electron chi connectivity index (χ4n) is 3.04. The van der Waals surface area contributed by atoms with Crippen molar-refractivity contribution in [1.29, 1.82) is 0 Å². The Morgan fingerprint density at radius 3 is 2.75 bits per heavy atom. The standard InChI is InChI=1S/C15H22N4S/c1-10-11(2)20-15-13(10)14(17-9-18-15)19-6-4-12(5-7-19)8-16-3/h9,12,16H,4-8H2,1-3H3. The number of aromatic nitrogens is 2. The monoisotopic (exact) mass is 290 g/mol. The van der Waals surface area contributed by atoms with Crippen molar-refractivity contribution in [1.82, 2.24) is 15.3 Å². The summed E-state index contributed by atoms with van der Waals surface area (Å²) in [6, 6.07) is 0. The van der Waals surface area contributed by atoms with Crippen LogP contribution in [0.5, 0.6) is 0 Å². The summed E-state index contributed by atoms with van der Waals surface area (Å²) in [5.41, 5.74) is 1.35. The van der Waals surface area contributed by atoms with E-state index in [4.69, 9.17) is 0 Å². The molecular weight excluding hydrogens is 268 g/mol. The van der Waals surface area contributed by atoms with Gasteiger partial charge in [0.25, 0.3) is 0 Å². The topological polar surface area (TPSA) is 41.0 Å². The molecule has 20 heavy (non-hydrogen) atoms. The van der Waals surface area contributed by atoms with Crippen LogP contribution in [-0.2, 0) is 0 Å². The van der Waals surface area contributed by atoms with Crippen LogP contribution in [0.1, 0.15) is 23.3 Å². The van der Waals surface area contributed by atoms with E-state index in [1.165, 1.54) is 28.7 Å². The molecule has 0 aromatic carbocycles. The first-order chi connectivity index (χ1) is 9.70. The Labute approximate surface area is 124 Å². The van der Waals surface area contributed by atoms with E-state index < -0.39 is 0 Å². The highest BCUT2D eigenvalue weighted by atomic mass is 32.1. The predicted octanol–water partition coefficient (Wildman–Crippen LogP) is 2.74. The van der Waals surface area contributed by atoms with Crippen molar-refractivity contribution in [2.45, 2.75) is 26.7 Å². The van der Waals surface area contributed by atoms with Gasteiger partial charge in [-0.3, -0.25) is 0 Å². The Morgan fingerprint density at radius 2 is 2.05 bits per heavy atom. The lowest BCUT2D eigenvalue weighted by Gasteiger charge is -2.33. The molecule has 0 unspecified atom stereocenters. The highest BCUT2D eigenvalue weighted by Gasteiger charge is 2.22. The molecule has 3 rings (SSSR count). The molecule has 0 saturated carbocycles. The van der Waals surface area contributed by atoms with Crippen LogP contribution < -0.4 is 10.2 Å². The number of hydrogen-bond acceptors (Lipinski definition) is 5. The molecule has 2 aromatic heterocycles. The highest BCUT2D eigenvalue weighted by molar-refractivity contribution is 7.18. The van der Waals surface area contributed by atoms with E-state index in [0.29, 0.717) is 0 Å². The first-order valence-electron chi connectivity index (χ1n) is 7.31. The second kappa shape index (κ2) is 5.66. The average Bonchev–Trinajstić information content (AvgIpc) is 2.76. The first-order valence-corrected chi connectivity index (χ1v) is 8.12. The summed E-state index contributed by atoms with van der Waals surface area (Å²) in [4.78, 5) is 13.9. The molecule has 0 spiro atoms. The number of rotatable bonds is 3. The maximum atomic E-state index is 4.58. The quantitative estimate of drug-likeness (QED) is 0.943. The van der Waals surface area contributed by atoms with Crippen LogP contribution in [0.2, 0.25) is 0 Å². The lowest BCUT2D eigenvalue weighted by Crippen LogP contribution is -2.37. The summed E-state index contributed by atoms with van der Waals surface area (Å²) in [6.45, 7) is 7.70. The fraction of sp³-hybridized carbons (Fsp3) is 0.600. The summed E-state index contributed by atoms with van der Waals surface area (Å²) in [5, 5.41) is 4.56. The molecule has 108 valence electrons. The van der Waals surface area contributed by atoms with Gasteiger partial charge in [-0.1, -0.05) is 0 Å². The molecule has 0 radical (unpaired) electrons. The molecule has 1 saturated heterocycles. The minimum atomic E-state index is 0.805. The van der Waals surface area contributed by atoms with Gasteiger partial charge in [0.15, 0.2) is 0 Å². The molecule has 0 aliphatic carbocycles. The van der Waals surface area contributed by atoms with Crippen molar-refractivity contribution in [3.05, 3.63) is 16.8 Å². The molecule has 0 atom stereocenters. The predicted molar refractivity (Wildman–Crippen MR) is 85.8 cm³/mol. The smallest absolute Gasteiger partial charge is 0.141 e. The van der Waals surface area contributed by atoms with Gasteiger partial charge < -0.3 is 10.2 Å². The molecule has 2 aromatic rings. The lowest BCUT2D eigenvalue weighted by molar-refractivity contribution is 0.392. The maximum Gasteiger partial charge on any atom is 0.141 e. The van der Waals surface area contributed by atoms with Gasteiger partial charge in [0.1, 0.15) is 17.0 Å². The summed E-state index contributed by atoms with van der Waals surface area (Å²) < 4.78 is 0. The van der Waals surface area contributed by atoms with Crippen LogP contribution in [0.3, 0.4) is 0 Å². The maximum absolute atomic E-state index is 4.58. The number of nitrogens with one attached hydrogen (secondary N) is 1. The van der Waals surface area contributed by atoms with E-state index in [0.717, 1.165) is 36.2 Å². The fourth-order valence-corrected chi connectivity index (χ4v) is 4.03. The molecular formula is C15H22N4S. The highest BCUT2D eigenvalue weighted by Crippen LogP contribution is 2.35. The van der Waals surface area contributed by atoms with Crippen LogP contribution in [0.15, 0.2) is 6.33 Å². The molecule has 1 fully saturated rings. The van der Waals surface area contributed by atoms with E-state index in [1.54, 1.807) is 17.7 Å². The molecule has 1 aliphatic heterocycles. The van der Waals surface area contributed by atoms with Crippen LogP contribution in [0, 0.1) is 19.8 Å². The average molecular weight is 290 g/mol. The number of aryl methyl sites for hydroxylation is 2. The number of anilines is 1. The largest absolute Gasteiger partial charge is 0.356 e. The Bertz CT molecular complexity index is 599. The summed E-state index contributed by atoms with van der Waals surface area (Å²) >= 11 is 1.78. The number of fused-ring (bicyclic) bond motifs is 1. The van der Waals surface area contributed by atoms with Gasteiger partial charge in [-0.05, 0) is 51.8 Å².